The number of nitrogens with zero attached hydrogens (tertiary/aromatic N) is 3. The number of rotatable bonds is 2. The Morgan fingerprint density at radius 1 is 1.06 bits per heavy atom. The van der Waals surface area contributed by atoms with Crippen LogP contribution in [0.3, 0.4) is 0 Å². The minimum Gasteiger partial charge on any atom is -0.340 e. The molecule has 0 aromatic carbocycles. The zero-order chi connectivity index (χ0) is 11.5. The van der Waals surface area contributed by atoms with Gasteiger partial charge in [-0.1, -0.05) is 0 Å². The number of carbonyl (C=O) groups excluding carboxylic acids is 1. The van der Waals surface area contributed by atoms with Crippen LogP contribution in [0.4, 0.5) is 0 Å². The minimum atomic E-state index is 0.369. The highest BCUT2D eigenvalue weighted by molar-refractivity contribution is 5.76. The molecule has 1 unspecified atom stereocenters. The number of hydrogen-bond acceptors (Lipinski definition) is 3. The summed E-state index contributed by atoms with van der Waals surface area (Å²) in [6.45, 7) is 6.13. The van der Waals surface area contributed by atoms with Crippen LogP contribution in [0.25, 0.3) is 0 Å². The zero-order valence-electron chi connectivity index (χ0n) is 10.5. The van der Waals surface area contributed by atoms with Crippen LogP contribution in [0, 0.1) is 5.92 Å². The van der Waals surface area contributed by atoms with Crippen LogP contribution in [0.1, 0.15) is 12.8 Å². The molecule has 1 atom stereocenters. The van der Waals surface area contributed by atoms with Crippen LogP contribution < -0.4 is 0 Å². The van der Waals surface area contributed by atoms with Crippen LogP contribution in [0.5, 0.6) is 0 Å². The second-order valence-corrected chi connectivity index (χ2v) is 5.31. The molecule has 2 saturated heterocycles. The number of piperazine rings is 1. The van der Waals surface area contributed by atoms with E-state index in [2.05, 4.69) is 23.9 Å². The van der Waals surface area contributed by atoms with Gasteiger partial charge in [-0.15, -0.1) is 0 Å². The summed E-state index contributed by atoms with van der Waals surface area (Å²) in [5.74, 6) is 0.963. The first-order chi connectivity index (χ1) is 7.65. The molecule has 1 amide bonds. The molecular weight excluding hydrogens is 202 g/mol. The summed E-state index contributed by atoms with van der Waals surface area (Å²) >= 11 is 0. The van der Waals surface area contributed by atoms with Crippen molar-refractivity contribution < 1.29 is 4.79 Å². The highest BCUT2D eigenvalue weighted by Crippen LogP contribution is 2.19. The van der Waals surface area contributed by atoms with E-state index in [0.29, 0.717) is 11.8 Å². The molecule has 2 heterocycles. The summed E-state index contributed by atoms with van der Waals surface area (Å²) in [5.41, 5.74) is 0. The van der Waals surface area contributed by atoms with Gasteiger partial charge in [-0.25, -0.2) is 0 Å². The van der Waals surface area contributed by atoms with Crippen LogP contribution in [-0.2, 0) is 4.79 Å². The zero-order valence-corrected chi connectivity index (χ0v) is 10.5. The van der Waals surface area contributed by atoms with Gasteiger partial charge in [-0.3, -0.25) is 4.79 Å². The van der Waals surface area contributed by atoms with E-state index in [1.165, 1.54) is 6.42 Å². The molecule has 0 saturated carbocycles. The molecule has 92 valence electrons. The van der Waals surface area contributed by atoms with Gasteiger partial charge in [0.25, 0.3) is 0 Å². The van der Waals surface area contributed by atoms with Gasteiger partial charge in [-0.2, -0.15) is 0 Å². The third-order valence-electron chi connectivity index (χ3n) is 3.81. The van der Waals surface area contributed by atoms with Crippen LogP contribution in [0.2, 0.25) is 0 Å². The maximum atomic E-state index is 12.1. The Kier molecular flexibility index (Phi) is 3.82. The summed E-state index contributed by atoms with van der Waals surface area (Å²) in [6.07, 6.45) is 1.95. The molecular formula is C12H23N3O. The monoisotopic (exact) mass is 225 g/mol. The van der Waals surface area contributed by atoms with Gasteiger partial charge >= 0.3 is 0 Å². The molecule has 2 aliphatic heterocycles. The predicted molar refractivity (Wildman–Crippen MR) is 64.3 cm³/mol. The van der Waals surface area contributed by atoms with Crippen molar-refractivity contribution in [3.63, 3.8) is 0 Å². The highest BCUT2D eigenvalue weighted by atomic mass is 16.2. The van der Waals surface area contributed by atoms with Gasteiger partial charge < -0.3 is 14.7 Å². The lowest BCUT2D eigenvalue weighted by atomic mass is 10.0. The van der Waals surface area contributed by atoms with Gasteiger partial charge in [0.1, 0.15) is 0 Å². The fourth-order valence-electron chi connectivity index (χ4n) is 2.62. The summed E-state index contributed by atoms with van der Waals surface area (Å²) < 4.78 is 0. The lowest BCUT2D eigenvalue weighted by molar-refractivity contribution is -0.133. The van der Waals surface area contributed by atoms with E-state index in [0.717, 1.165) is 45.7 Å². The summed E-state index contributed by atoms with van der Waals surface area (Å²) in [5, 5.41) is 0. The standard InChI is InChI=1S/C12H23N3O/c1-13-5-7-15(8-6-13)12(16)9-11-3-4-14(2)10-11/h11H,3-10H2,1-2H3. The van der Waals surface area contributed by atoms with E-state index in [9.17, 15) is 4.79 Å². The summed E-state index contributed by atoms with van der Waals surface area (Å²) in [7, 11) is 4.26. The Hall–Kier alpha value is -0.610. The number of amides is 1. The lowest BCUT2D eigenvalue weighted by Crippen LogP contribution is -2.47. The van der Waals surface area contributed by atoms with Crippen molar-refractivity contribution in [2.75, 3.05) is 53.4 Å². The van der Waals surface area contributed by atoms with Crippen molar-refractivity contribution in [2.24, 2.45) is 5.92 Å². The topological polar surface area (TPSA) is 26.8 Å². The quantitative estimate of drug-likeness (QED) is 0.667. The molecule has 0 aromatic rings. The molecule has 0 bridgehead atoms. The van der Waals surface area contributed by atoms with E-state index >= 15 is 0 Å². The molecule has 0 N–H and O–H groups in total. The molecule has 0 radical (unpaired) electrons. The molecule has 4 heteroatoms. The van der Waals surface area contributed by atoms with Gasteiger partial charge in [-0.05, 0) is 33.0 Å². The number of likely N-dealkylation sites (tertiary alicyclic amines) is 1. The van der Waals surface area contributed by atoms with Crippen molar-refractivity contribution in [1.29, 1.82) is 0 Å². The summed E-state index contributed by atoms with van der Waals surface area (Å²) in [4.78, 5) is 18.7. The Morgan fingerprint density at radius 2 is 1.75 bits per heavy atom. The molecule has 0 spiro atoms. The maximum absolute atomic E-state index is 12.1. The SMILES string of the molecule is CN1CCN(C(=O)CC2CCN(C)C2)CC1. The maximum Gasteiger partial charge on any atom is 0.222 e. The van der Waals surface area contributed by atoms with E-state index in [1.54, 1.807) is 0 Å². The molecule has 4 nitrogen and oxygen atoms in total. The highest BCUT2D eigenvalue weighted by Gasteiger charge is 2.25. The fourth-order valence-corrected chi connectivity index (χ4v) is 2.62. The van der Waals surface area contributed by atoms with Gasteiger partial charge in [0.2, 0.25) is 5.91 Å². The van der Waals surface area contributed by atoms with Gasteiger partial charge in [0.15, 0.2) is 0 Å². The molecule has 2 aliphatic rings. The number of carbonyl (C=O) groups is 1. The fraction of sp³-hybridized carbons (Fsp3) is 0.917. The predicted octanol–water partition coefficient (Wildman–Crippen LogP) is 0.102. The Bertz CT molecular complexity index is 249. The number of hydrogen-bond donors (Lipinski definition) is 0. The van der Waals surface area contributed by atoms with Crippen molar-refractivity contribution in [2.45, 2.75) is 12.8 Å². The summed E-state index contributed by atoms with van der Waals surface area (Å²) in [6, 6.07) is 0. The smallest absolute Gasteiger partial charge is 0.222 e. The van der Waals surface area contributed by atoms with Gasteiger partial charge in [0.05, 0.1) is 0 Å². The third kappa shape index (κ3) is 2.95. The van der Waals surface area contributed by atoms with E-state index in [1.807, 2.05) is 4.90 Å². The van der Waals surface area contributed by atoms with Crippen molar-refractivity contribution in [3.05, 3.63) is 0 Å². The Morgan fingerprint density at radius 3 is 2.31 bits per heavy atom. The molecule has 0 aromatic heterocycles. The van der Waals surface area contributed by atoms with Crippen LogP contribution in [-0.4, -0.2) is 74.0 Å². The first-order valence-electron chi connectivity index (χ1n) is 6.30. The lowest BCUT2D eigenvalue weighted by Gasteiger charge is -2.33. The number of likely N-dealkylation sites (N-methyl/N-ethyl adjacent to an activating group) is 1. The van der Waals surface area contributed by atoms with E-state index < -0.39 is 0 Å². The normalized spacial score (nSPS) is 28.6. The first kappa shape index (κ1) is 11.9. The van der Waals surface area contributed by atoms with Crippen molar-refractivity contribution in [3.8, 4) is 0 Å². The second-order valence-electron chi connectivity index (χ2n) is 5.31. The Balaban J connectivity index is 1.75. The minimum absolute atomic E-state index is 0.369. The second kappa shape index (κ2) is 5.15. The van der Waals surface area contributed by atoms with E-state index in [4.69, 9.17) is 0 Å². The average Bonchev–Trinajstić information content (AvgIpc) is 2.65. The molecule has 2 rings (SSSR count). The molecule has 0 aliphatic carbocycles. The van der Waals surface area contributed by atoms with Crippen LogP contribution in [0.15, 0.2) is 0 Å². The molecule has 2 fully saturated rings. The van der Waals surface area contributed by atoms with Crippen molar-refractivity contribution >= 4 is 5.91 Å². The largest absolute Gasteiger partial charge is 0.340 e. The van der Waals surface area contributed by atoms with Crippen molar-refractivity contribution in [1.82, 2.24) is 14.7 Å². The van der Waals surface area contributed by atoms with E-state index in [-0.39, 0.29) is 0 Å². The Labute approximate surface area is 98.2 Å². The third-order valence-corrected chi connectivity index (χ3v) is 3.81. The van der Waals surface area contributed by atoms with Gasteiger partial charge in [0, 0.05) is 39.1 Å². The first-order valence-corrected chi connectivity index (χ1v) is 6.30. The van der Waals surface area contributed by atoms with Crippen LogP contribution >= 0.6 is 0 Å². The molecule has 16 heavy (non-hydrogen) atoms. The average molecular weight is 225 g/mol.